The first kappa shape index (κ1) is 23.6. The average molecular weight is 427 g/mol. The third-order valence-corrected chi connectivity index (χ3v) is 7.38. The van der Waals surface area contributed by atoms with E-state index in [1.165, 1.54) is 42.2 Å². The summed E-state index contributed by atoms with van der Waals surface area (Å²) in [5.41, 5.74) is 2.52. The number of hydrogen-bond donors (Lipinski definition) is 1. The van der Waals surface area contributed by atoms with Crippen LogP contribution in [0.1, 0.15) is 97.8 Å². The van der Waals surface area contributed by atoms with Crippen LogP contribution < -0.4 is 11.2 Å². The van der Waals surface area contributed by atoms with Crippen molar-refractivity contribution >= 4 is 0 Å². The van der Waals surface area contributed by atoms with Crippen LogP contribution in [0.15, 0.2) is 26.9 Å². The quantitative estimate of drug-likeness (QED) is 0.534. The van der Waals surface area contributed by atoms with Crippen LogP contribution in [0, 0.1) is 29.6 Å². The molecule has 1 aromatic rings. The molecule has 1 fully saturated rings. The van der Waals surface area contributed by atoms with Crippen molar-refractivity contribution in [1.82, 2.24) is 9.55 Å². The van der Waals surface area contributed by atoms with Gasteiger partial charge in [-0.25, -0.2) is 4.79 Å². The van der Waals surface area contributed by atoms with E-state index >= 15 is 0 Å². The summed E-state index contributed by atoms with van der Waals surface area (Å²) in [5.74, 6) is 7.19. The Kier molecular flexibility index (Phi) is 8.00. The van der Waals surface area contributed by atoms with Gasteiger partial charge in [-0.3, -0.25) is 14.3 Å². The van der Waals surface area contributed by atoms with Crippen LogP contribution in [-0.4, -0.2) is 15.7 Å². The van der Waals surface area contributed by atoms with Gasteiger partial charge in [0.1, 0.15) is 11.8 Å². The molecule has 2 heterocycles. The summed E-state index contributed by atoms with van der Waals surface area (Å²) in [5, 5.41) is 0. The first-order chi connectivity index (χ1) is 14.9. The second-order valence-electron chi connectivity index (χ2n) is 9.29. The van der Waals surface area contributed by atoms with Crippen molar-refractivity contribution in [2.24, 2.45) is 17.8 Å². The van der Waals surface area contributed by atoms with Crippen LogP contribution in [-0.2, 0) is 4.74 Å². The van der Waals surface area contributed by atoms with E-state index in [1.807, 2.05) is 6.92 Å². The first-order valence-corrected chi connectivity index (χ1v) is 12.1. The van der Waals surface area contributed by atoms with E-state index in [4.69, 9.17) is 4.74 Å². The topological polar surface area (TPSA) is 64.1 Å². The van der Waals surface area contributed by atoms with Crippen molar-refractivity contribution in [2.75, 3.05) is 0 Å². The highest BCUT2D eigenvalue weighted by molar-refractivity contribution is 5.34. The van der Waals surface area contributed by atoms with Gasteiger partial charge in [0.2, 0.25) is 0 Å². The predicted octanol–water partition coefficient (Wildman–Crippen LogP) is 5.16. The molecular weight excluding hydrogens is 388 g/mol. The van der Waals surface area contributed by atoms with Crippen molar-refractivity contribution in [3.63, 3.8) is 0 Å². The van der Waals surface area contributed by atoms with Gasteiger partial charge in [-0.2, -0.15) is 0 Å². The van der Waals surface area contributed by atoms with Gasteiger partial charge in [-0.1, -0.05) is 63.5 Å². The molecule has 0 saturated carbocycles. The van der Waals surface area contributed by atoms with Gasteiger partial charge in [0.15, 0.2) is 0 Å². The lowest BCUT2D eigenvalue weighted by atomic mass is 9.83. The van der Waals surface area contributed by atoms with Gasteiger partial charge in [-0.05, 0) is 51.4 Å². The number of hydrogen-bond acceptors (Lipinski definition) is 3. The number of nitrogens with zero attached hydrogens (tertiary/aromatic N) is 1. The molecule has 5 atom stereocenters. The van der Waals surface area contributed by atoms with Gasteiger partial charge in [0, 0.05) is 18.0 Å². The molecule has 31 heavy (non-hydrogen) atoms. The number of aromatic amines is 1. The van der Waals surface area contributed by atoms with Gasteiger partial charge in [-0.15, -0.1) is 0 Å². The lowest BCUT2D eigenvalue weighted by molar-refractivity contribution is -0.00764. The maximum Gasteiger partial charge on any atom is 0.330 e. The maximum atomic E-state index is 12.5. The molecule has 1 aromatic heterocycles. The molecule has 5 nitrogen and oxygen atoms in total. The van der Waals surface area contributed by atoms with E-state index in [0.29, 0.717) is 11.5 Å². The van der Waals surface area contributed by atoms with Crippen LogP contribution >= 0.6 is 0 Å². The first-order valence-electron chi connectivity index (χ1n) is 12.1. The summed E-state index contributed by atoms with van der Waals surface area (Å²) in [7, 11) is 0. The van der Waals surface area contributed by atoms with E-state index in [0.717, 1.165) is 19.3 Å². The van der Waals surface area contributed by atoms with Crippen LogP contribution in [0.25, 0.3) is 0 Å². The molecular formula is C26H38N2O3. The number of nitrogens with one attached hydrogen (secondary N) is 1. The zero-order chi connectivity index (χ0) is 22.5. The van der Waals surface area contributed by atoms with E-state index < -0.39 is 11.2 Å². The fraction of sp³-hybridized carbons (Fsp3) is 0.692. The molecule has 3 rings (SSSR count). The molecule has 1 aliphatic heterocycles. The average Bonchev–Trinajstić information content (AvgIpc) is 2.98. The SMILES string of the molecule is CC/C1=C(\C(C#Cc2cn(C3OC(C)C(C)C3C)c(=O)[nH]c2=O)CC)CCCCCC1. The summed E-state index contributed by atoms with van der Waals surface area (Å²) in [6.45, 7) is 10.6. The third-order valence-electron chi connectivity index (χ3n) is 7.38. The molecule has 1 saturated heterocycles. The largest absolute Gasteiger partial charge is 0.354 e. The Morgan fingerprint density at radius 3 is 2.42 bits per heavy atom. The molecule has 0 bridgehead atoms. The zero-order valence-corrected chi connectivity index (χ0v) is 19.8. The molecule has 0 spiro atoms. The molecule has 5 heteroatoms. The Morgan fingerprint density at radius 1 is 1.10 bits per heavy atom. The Balaban J connectivity index is 1.95. The van der Waals surface area contributed by atoms with Crippen molar-refractivity contribution in [1.29, 1.82) is 0 Å². The Morgan fingerprint density at radius 2 is 1.81 bits per heavy atom. The highest BCUT2D eigenvalue weighted by Crippen LogP contribution is 2.37. The molecule has 170 valence electrons. The zero-order valence-electron chi connectivity index (χ0n) is 19.8. The molecule has 0 amide bonds. The number of ether oxygens (including phenoxy) is 1. The molecule has 2 aliphatic rings. The maximum absolute atomic E-state index is 12.5. The lowest BCUT2D eigenvalue weighted by Gasteiger charge is -2.22. The summed E-state index contributed by atoms with van der Waals surface area (Å²) in [6, 6.07) is 0. The highest BCUT2D eigenvalue weighted by atomic mass is 16.5. The van der Waals surface area contributed by atoms with Crippen molar-refractivity contribution in [2.45, 2.75) is 98.3 Å². The predicted molar refractivity (Wildman–Crippen MR) is 125 cm³/mol. The Bertz CT molecular complexity index is 975. The second-order valence-corrected chi connectivity index (χ2v) is 9.29. The number of H-pyrrole nitrogens is 1. The van der Waals surface area contributed by atoms with Crippen LogP contribution in [0.5, 0.6) is 0 Å². The second kappa shape index (κ2) is 10.5. The van der Waals surface area contributed by atoms with Crippen LogP contribution in [0.4, 0.5) is 0 Å². The number of allylic oxidation sites excluding steroid dienone is 2. The monoisotopic (exact) mass is 426 g/mol. The van der Waals surface area contributed by atoms with Crippen molar-refractivity contribution in [3.05, 3.63) is 43.7 Å². The summed E-state index contributed by atoms with van der Waals surface area (Å²) in [4.78, 5) is 27.4. The minimum Gasteiger partial charge on any atom is -0.354 e. The smallest absolute Gasteiger partial charge is 0.330 e. The number of aromatic nitrogens is 2. The summed E-state index contributed by atoms with van der Waals surface area (Å²) in [6.07, 6.45) is 10.6. The van der Waals surface area contributed by atoms with E-state index in [1.54, 1.807) is 11.8 Å². The van der Waals surface area contributed by atoms with Crippen LogP contribution in [0.2, 0.25) is 0 Å². The normalized spacial score (nSPS) is 30.2. The minimum absolute atomic E-state index is 0.0663. The summed E-state index contributed by atoms with van der Waals surface area (Å²) < 4.78 is 7.55. The van der Waals surface area contributed by atoms with E-state index in [-0.39, 0.29) is 24.2 Å². The van der Waals surface area contributed by atoms with Crippen molar-refractivity contribution in [3.8, 4) is 11.8 Å². The summed E-state index contributed by atoms with van der Waals surface area (Å²) >= 11 is 0. The van der Waals surface area contributed by atoms with E-state index in [9.17, 15) is 9.59 Å². The molecule has 5 unspecified atom stereocenters. The van der Waals surface area contributed by atoms with E-state index in [2.05, 4.69) is 44.5 Å². The molecule has 1 aliphatic carbocycles. The fourth-order valence-corrected chi connectivity index (χ4v) is 5.01. The Labute approximate surface area is 186 Å². The lowest BCUT2D eigenvalue weighted by Crippen LogP contribution is -2.35. The van der Waals surface area contributed by atoms with Gasteiger partial charge >= 0.3 is 5.69 Å². The highest BCUT2D eigenvalue weighted by Gasteiger charge is 2.38. The molecule has 0 aromatic carbocycles. The standard InChI is InChI=1S/C26H38N2O3/c1-6-20-12-10-8-9-11-13-23(20)21(7-2)14-15-22-16-28(26(30)27-24(22)29)25-18(4)17(3)19(5)31-25/h16-19,21,25H,6-13H2,1-5H3,(H,27,29,30)/b23-20+. The molecule has 0 radical (unpaired) electrons. The minimum atomic E-state index is -0.434. The van der Waals surface area contributed by atoms with Gasteiger partial charge in [0.05, 0.1) is 6.10 Å². The van der Waals surface area contributed by atoms with Crippen LogP contribution in [0.3, 0.4) is 0 Å². The van der Waals surface area contributed by atoms with Crippen molar-refractivity contribution < 1.29 is 4.74 Å². The fourth-order valence-electron chi connectivity index (χ4n) is 5.01. The number of rotatable bonds is 4. The Hall–Kier alpha value is -2.06. The molecule has 1 N–H and O–H groups in total. The van der Waals surface area contributed by atoms with Gasteiger partial charge < -0.3 is 4.74 Å². The van der Waals surface area contributed by atoms with Gasteiger partial charge in [0.25, 0.3) is 5.56 Å². The third kappa shape index (κ3) is 5.23.